The number of rotatable bonds is 3. The Labute approximate surface area is 132 Å². The molecule has 1 amide bonds. The van der Waals surface area contributed by atoms with Gasteiger partial charge in [-0.15, -0.1) is 11.3 Å². The second-order valence-corrected chi connectivity index (χ2v) is 5.78. The zero-order valence-corrected chi connectivity index (χ0v) is 12.5. The average Bonchev–Trinajstić information content (AvgIpc) is 3.17. The number of aryl methyl sites for hydroxylation is 1. The molecule has 0 bridgehead atoms. The van der Waals surface area contributed by atoms with E-state index in [4.69, 9.17) is 4.42 Å². The molecule has 0 atom stereocenters. The Morgan fingerprint density at radius 3 is 2.70 bits per heavy atom. The van der Waals surface area contributed by atoms with Crippen molar-refractivity contribution in [1.29, 1.82) is 0 Å². The van der Waals surface area contributed by atoms with E-state index >= 15 is 0 Å². The van der Waals surface area contributed by atoms with Crippen LogP contribution in [0.1, 0.15) is 15.4 Å². The summed E-state index contributed by atoms with van der Waals surface area (Å²) in [5.41, 5.74) is -0.397. The lowest BCUT2D eigenvalue weighted by Crippen LogP contribution is -2.15. The first-order chi connectivity index (χ1) is 11.0. The molecule has 0 spiro atoms. The first-order valence-corrected chi connectivity index (χ1v) is 7.25. The fraction of sp³-hybridized carbons (Fsp3) is 0.0667. The van der Waals surface area contributed by atoms with E-state index in [1.54, 1.807) is 19.1 Å². The summed E-state index contributed by atoms with van der Waals surface area (Å²) in [6, 6.07) is 5.05. The number of benzene rings is 1. The normalized spacial score (nSPS) is 10.8. The second-order valence-electron chi connectivity index (χ2n) is 4.58. The van der Waals surface area contributed by atoms with Crippen molar-refractivity contribution in [3.63, 3.8) is 0 Å². The van der Waals surface area contributed by atoms with E-state index < -0.39 is 29.0 Å². The summed E-state index contributed by atoms with van der Waals surface area (Å²) in [6.07, 6.45) is 1.47. The number of hydrogen-bond donors (Lipinski definition) is 1. The molecule has 0 fully saturated rings. The van der Waals surface area contributed by atoms with Crippen molar-refractivity contribution in [2.75, 3.05) is 5.32 Å². The van der Waals surface area contributed by atoms with Crippen molar-refractivity contribution in [3.05, 3.63) is 58.6 Å². The standard InChI is InChI=1S/C15H9F3N2O2S/c1-7-13(20-15(23-7)10-3-2-6-22-10)14(21)19-9-5-4-8(16)11(17)12(9)18/h2-6H,1H3,(H,19,21). The zero-order valence-electron chi connectivity index (χ0n) is 11.7. The fourth-order valence-corrected chi connectivity index (χ4v) is 2.80. The van der Waals surface area contributed by atoms with Gasteiger partial charge in [0.15, 0.2) is 28.2 Å². The molecule has 0 aliphatic carbocycles. The van der Waals surface area contributed by atoms with E-state index in [9.17, 15) is 18.0 Å². The Bertz CT molecular complexity index is 875. The Balaban J connectivity index is 1.88. The van der Waals surface area contributed by atoms with Gasteiger partial charge in [0.2, 0.25) is 0 Å². The number of thiazole rings is 1. The number of anilines is 1. The van der Waals surface area contributed by atoms with Crippen LogP contribution in [0.4, 0.5) is 18.9 Å². The number of amides is 1. The van der Waals surface area contributed by atoms with Crippen LogP contribution in [0.15, 0.2) is 34.9 Å². The summed E-state index contributed by atoms with van der Waals surface area (Å²) in [5, 5.41) is 2.68. The number of nitrogens with one attached hydrogen (secondary N) is 1. The monoisotopic (exact) mass is 338 g/mol. The Hall–Kier alpha value is -2.61. The van der Waals surface area contributed by atoms with E-state index in [1.165, 1.54) is 17.6 Å². The highest BCUT2D eigenvalue weighted by atomic mass is 32.1. The summed E-state index contributed by atoms with van der Waals surface area (Å²) in [4.78, 5) is 16.9. The van der Waals surface area contributed by atoms with Crippen LogP contribution in [-0.4, -0.2) is 10.9 Å². The van der Waals surface area contributed by atoms with Crippen LogP contribution >= 0.6 is 11.3 Å². The summed E-state index contributed by atoms with van der Waals surface area (Å²) in [5.74, 6) is -4.66. The Kier molecular flexibility index (Phi) is 3.91. The second kappa shape index (κ2) is 5.88. The molecule has 23 heavy (non-hydrogen) atoms. The van der Waals surface area contributed by atoms with Crippen LogP contribution in [0.3, 0.4) is 0 Å². The highest BCUT2D eigenvalue weighted by molar-refractivity contribution is 7.15. The molecule has 8 heteroatoms. The van der Waals surface area contributed by atoms with E-state index in [0.717, 1.165) is 12.1 Å². The van der Waals surface area contributed by atoms with Crippen molar-refractivity contribution < 1.29 is 22.4 Å². The molecule has 2 heterocycles. The van der Waals surface area contributed by atoms with Crippen molar-refractivity contribution in [2.45, 2.75) is 6.92 Å². The van der Waals surface area contributed by atoms with E-state index in [2.05, 4.69) is 10.3 Å². The van der Waals surface area contributed by atoms with Gasteiger partial charge in [0, 0.05) is 4.88 Å². The van der Waals surface area contributed by atoms with E-state index in [0.29, 0.717) is 15.6 Å². The first-order valence-electron chi connectivity index (χ1n) is 6.43. The zero-order chi connectivity index (χ0) is 16.6. The number of halogens is 3. The molecular weight excluding hydrogens is 329 g/mol. The molecule has 3 aromatic rings. The molecule has 0 aliphatic heterocycles. The van der Waals surface area contributed by atoms with Crippen LogP contribution < -0.4 is 5.32 Å². The number of hydrogen-bond acceptors (Lipinski definition) is 4. The Morgan fingerprint density at radius 2 is 2.00 bits per heavy atom. The predicted molar refractivity (Wildman–Crippen MR) is 78.8 cm³/mol. The third kappa shape index (κ3) is 2.85. The van der Waals surface area contributed by atoms with Gasteiger partial charge in [-0.05, 0) is 31.2 Å². The third-order valence-corrected chi connectivity index (χ3v) is 4.01. The van der Waals surface area contributed by atoms with Crippen LogP contribution in [-0.2, 0) is 0 Å². The van der Waals surface area contributed by atoms with Gasteiger partial charge in [-0.3, -0.25) is 4.79 Å². The number of nitrogens with zero attached hydrogens (tertiary/aromatic N) is 1. The molecule has 0 saturated carbocycles. The van der Waals surface area contributed by atoms with Crippen LogP contribution in [0, 0.1) is 24.4 Å². The lowest BCUT2D eigenvalue weighted by atomic mass is 10.2. The van der Waals surface area contributed by atoms with Crippen LogP contribution in [0.2, 0.25) is 0 Å². The predicted octanol–water partition coefficient (Wildman–Crippen LogP) is 4.38. The lowest BCUT2D eigenvalue weighted by molar-refractivity contribution is 0.102. The molecule has 2 aromatic heterocycles. The number of aromatic nitrogens is 1. The highest BCUT2D eigenvalue weighted by Crippen LogP contribution is 2.28. The molecule has 4 nitrogen and oxygen atoms in total. The molecule has 0 aliphatic rings. The minimum Gasteiger partial charge on any atom is -0.462 e. The third-order valence-electron chi connectivity index (χ3n) is 3.03. The van der Waals surface area contributed by atoms with Gasteiger partial charge in [0.1, 0.15) is 5.69 Å². The molecule has 1 N–H and O–H groups in total. The number of carbonyl (C=O) groups is 1. The van der Waals surface area contributed by atoms with Gasteiger partial charge in [-0.1, -0.05) is 0 Å². The van der Waals surface area contributed by atoms with Crippen molar-refractivity contribution in [2.24, 2.45) is 0 Å². The molecular formula is C15H9F3N2O2S. The lowest BCUT2D eigenvalue weighted by Gasteiger charge is -2.06. The SMILES string of the molecule is Cc1sc(-c2ccco2)nc1C(=O)Nc1ccc(F)c(F)c1F. The van der Waals surface area contributed by atoms with E-state index in [-0.39, 0.29) is 5.69 Å². The maximum absolute atomic E-state index is 13.6. The van der Waals surface area contributed by atoms with Crippen LogP contribution in [0.25, 0.3) is 10.8 Å². The van der Waals surface area contributed by atoms with Gasteiger partial charge in [0.05, 0.1) is 12.0 Å². The number of carbonyl (C=O) groups excluding carboxylic acids is 1. The van der Waals surface area contributed by atoms with Gasteiger partial charge >= 0.3 is 0 Å². The van der Waals surface area contributed by atoms with Crippen molar-refractivity contribution >= 4 is 22.9 Å². The van der Waals surface area contributed by atoms with Gasteiger partial charge in [-0.25, -0.2) is 18.2 Å². The van der Waals surface area contributed by atoms with Crippen molar-refractivity contribution in [1.82, 2.24) is 4.98 Å². The van der Waals surface area contributed by atoms with Crippen molar-refractivity contribution in [3.8, 4) is 10.8 Å². The summed E-state index contributed by atoms with van der Waals surface area (Å²) < 4.78 is 44.9. The summed E-state index contributed by atoms with van der Waals surface area (Å²) in [6.45, 7) is 1.67. The average molecular weight is 338 g/mol. The summed E-state index contributed by atoms with van der Waals surface area (Å²) in [7, 11) is 0. The molecule has 0 saturated heterocycles. The molecule has 1 aromatic carbocycles. The van der Waals surface area contributed by atoms with Gasteiger partial charge in [-0.2, -0.15) is 0 Å². The smallest absolute Gasteiger partial charge is 0.275 e. The highest BCUT2D eigenvalue weighted by Gasteiger charge is 2.20. The quantitative estimate of drug-likeness (QED) is 0.721. The number of furan rings is 1. The maximum atomic E-state index is 13.6. The Morgan fingerprint density at radius 1 is 1.22 bits per heavy atom. The van der Waals surface area contributed by atoms with E-state index in [1.807, 2.05) is 0 Å². The van der Waals surface area contributed by atoms with Crippen LogP contribution in [0.5, 0.6) is 0 Å². The maximum Gasteiger partial charge on any atom is 0.275 e. The minimum atomic E-state index is -1.64. The van der Waals surface area contributed by atoms with Gasteiger partial charge in [0.25, 0.3) is 5.91 Å². The molecule has 3 rings (SSSR count). The first kappa shape index (κ1) is 15.3. The largest absolute Gasteiger partial charge is 0.462 e. The molecule has 0 radical (unpaired) electrons. The minimum absolute atomic E-state index is 0.0607. The molecule has 0 unspecified atom stereocenters. The van der Waals surface area contributed by atoms with Gasteiger partial charge < -0.3 is 9.73 Å². The molecule has 118 valence electrons. The topological polar surface area (TPSA) is 55.1 Å². The summed E-state index contributed by atoms with van der Waals surface area (Å²) >= 11 is 1.23. The fourth-order valence-electron chi connectivity index (χ4n) is 1.92.